The predicted octanol–water partition coefficient (Wildman–Crippen LogP) is 3.30. The third-order valence-corrected chi connectivity index (χ3v) is 3.64. The highest BCUT2D eigenvalue weighted by molar-refractivity contribution is 5.86. The van der Waals surface area contributed by atoms with Gasteiger partial charge in [-0.3, -0.25) is 20.0 Å². The van der Waals surface area contributed by atoms with Crippen molar-refractivity contribution in [2.75, 3.05) is 12.0 Å². The largest absolute Gasteiger partial charge is 0.496 e. The van der Waals surface area contributed by atoms with Gasteiger partial charge >= 0.3 is 6.09 Å². The van der Waals surface area contributed by atoms with Crippen LogP contribution in [0, 0.1) is 24.0 Å². The Morgan fingerprint density at radius 1 is 1.42 bits per heavy atom. The minimum absolute atomic E-state index is 0.0427. The molecule has 0 aliphatic heterocycles. The lowest BCUT2D eigenvalue weighted by Crippen LogP contribution is -2.29. The van der Waals surface area contributed by atoms with Crippen LogP contribution in [0.2, 0.25) is 0 Å². The predicted molar refractivity (Wildman–Crippen MR) is 87.6 cm³/mol. The van der Waals surface area contributed by atoms with E-state index >= 15 is 0 Å². The zero-order chi connectivity index (χ0) is 17.9. The molecule has 0 radical (unpaired) electrons. The summed E-state index contributed by atoms with van der Waals surface area (Å²) in [6.07, 6.45) is 0.380. The topological polar surface area (TPSA) is 106 Å². The van der Waals surface area contributed by atoms with Gasteiger partial charge in [0.1, 0.15) is 5.75 Å². The van der Waals surface area contributed by atoms with Crippen molar-refractivity contribution in [2.24, 2.45) is 0 Å². The van der Waals surface area contributed by atoms with E-state index in [0.717, 1.165) is 16.0 Å². The average molecular weight is 331 g/mol. The fourth-order valence-electron chi connectivity index (χ4n) is 2.42. The Balaban J connectivity index is 2.42. The zero-order valence-electron chi connectivity index (χ0n) is 13.5. The Kier molecular flexibility index (Phi) is 4.98. The van der Waals surface area contributed by atoms with Gasteiger partial charge in [0, 0.05) is 29.5 Å². The van der Waals surface area contributed by atoms with Gasteiger partial charge in [0.05, 0.1) is 30.0 Å². The number of hydrogen-bond acceptors (Lipinski definition) is 5. The van der Waals surface area contributed by atoms with E-state index in [1.807, 2.05) is 6.92 Å². The van der Waals surface area contributed by atoms with E-state index in [1.54, 1.807) is 13.1 Å². The molecule has 8 nitrogen and oxygen atoms in total. The van der Waals surface area contributed by atoms with Gasteiger partial charge in [-0.05, 0) is 19.9 Å². The molecule has 1 N–H and O–H groups in total. The lowest BCUT2D eigenvalue weighted by atomic mass is 10.1. The monoisotopic (exact) mass is 331 g/mol. The Morgan fingerprint density at radius 3 is 2.71 bits per heavy atom. The first-order valence-corrected chi connectivity index (χ1v) is 7.09. The van der Waals surface area contributed by atoms with Crippen LogP contribution in [0.1, 0.15) is 16.8 Å². The Bertz CT molecular complexity index is 791. The molecule has 2 rings (SSSR count). The van der Waals surface area contributed by atoms with Crippen molar-refractivity contribution in [3.63, 3.8) is 0 Å². The average Bonchev–Trinajstić information content (AvgIpc) is 2.54. The summed E-state index contributed by atoms with van der Waals surface area (Å²) < 4.78 is 5.32. The molecule has 0 saturated carbocycles. The highest BCUT2D eigenvalue weighted by Gasteiger charge is 2.20. The molecular formula is C16H17N3O5. The third-order valence-electron chi connectivity index (χ3n) is 3.64. The van der Waals surface area contributed by atoms with Gasteiger partial charge < -0.3 is 9.84 Å². The first kappa shape index (κ1) is 17.2. The van der Waals surface area contributed by atoms with Crippen molar-refractivity contribution in [3.8, 4) is 5.75 Å². The maximum atomic E-state index is 11.6. The first-order valence-electron chi connectivity index (χ1n) is 7.09. The summed E-state index contributed by atoms with van der Waals surface area (Å²) in [5, 5.41) is 20.4. The number of anilines is 1. The Morgan fingerprint density at radius 2 is 2.12 bits per heavy atom. The molecule has 126 valence electrons. The van der Waals surface area contributed by atoms with Crippen LogP contribution in [0.5, 0.6) is 5.75 Å². The number of pyridine rings is 1. The highest BCUT2D eigenvalue weighted by Crippen LogP contribution is 2.27. The molecule has 0 spiro atoms. The number of non-ortho nitro benzene ring substituents is 1. The van der Waals surface area contributed by atoms with Crippen molar-refractivity contribution in [2.45, 2.75) is 20.4 Å². The summed E-state index contributed by atoms with van der Waals surface area (Å²) >= 11 is 0. The number of aromatic nitrogens is 1. The maximum Gasteiger partial charge on any atom is 0.412 e. The second-order valence-corrected chi connectivity index (χ2v) is 5.19. The molecule has 0 unspecified atom stereocenters. The molecule has 0 aliphatic carbocycles. The molecule has 2 aromatic rings. The summed E-state index contributed by atoms with van der Waals surface area (Å²) in [6, 6.07) is 5.47. The number of carboxylic acid groups (broad SMARTS) is 1. The molecule has 1 amide bonds. The lowest BCUT2D eigenvalue weighted by Gasteiger charge is -2.21. The molecule has 1 aromatic heterocycles. The van der Waals surface area contributed by atoms with Crippen LogP contribution >= 0.6 is 0 Å². The standard InChI is InChI=1S/C16H17N3O5/c1-10-8-17-14(11(2)15(10)24-3)9-18(16(20)21)12-5-4-6-13(7-12)19(22)23/h4-8H,9H2,1-3H3,(H,20,21). The second-order valence-electron chi connectivity index (χ2n) is 5.19. The number of hydrogen-bond donors (Lipinski definition) is 1. The number of rotatable bonds is 5. The van der Waals surface area contributed by atoms with Crippen LogP contribution in [0.15, 0.2) is 30.5 Å². The zero-order valence-corrected chi connectivity index (χ0v) is 13.5. The van der Waals surface area contributed by atoms with Crippen LogP contribution in [-0.2, 0) is 6.54 Å². The number of aryl methyl sites for hydroxylation is 1. The van der Waals surface area contributed by atoms with Crippen molar-refractivity contribution in [1.82, 2.24) is 4.98 Å². The number of carbonyl (C=O) groups is 1. The van der Waals surface area contributed by atoms with Crippen molar-refractivity contribution in [1.29, 1.82) is 0 Å². The number of nitro groups is 1. The van der Waals surface area contributed by atoms with Gasteiger partial charge in [-0.15, -0.1) is 0 Å². The maximum absolute atomic E-state index is 11.6. The minimum atomic E-state index is -1.23. The number of amides is 1. The molecular weight excluding hydrogens is 314 g/mol. The molecule has 0 atom stereocenters. The van der Waals surface area contributed by atoms with E-state index in [1.165, 1.54) is 31.4 Å². The number of ether oxygens (including phenoxy) is 1. The summed E-state index contributed by atoms with van der Waals surface area (Å²) in [6.45, 7) is 3.60. The van der Waals surface area contributed by atoms with Gasteiger partial charge in [-0.1, -0.05) is 6.07 Å². The summed E-state index contributed by atoms with van der Waals surface area (Å²) in [4.78, 5) is 27.2. The van der Waals surface area contributed by atoms with Gasteiger partial charge in [-0.25, -0.2) is 4.79 Å². The third kappa shape index (κ3) is 3.43. The van der Waals surface area contributed by atoms with Gasteiger partial charge in [0.15, 0.2) is 0 Å². The van der Waals surface area contributed by atoms with E-state index in [2.05, 4.69) is 4.98 Å². The van der Waals surface area contributed by atoms with Crippen LogP contribution < -0.4 is 9.64 Å². The summed E-state index contributed by atoms with van der Waals surface area (Å²) in [5.41, 5.74) is 2.12. The molecule has 0 saturated heterocycles. The molecule has 1 heterocycles. The van der Waals surface area contributed by atoms with E-state index in [4.69, 9.17) is 4.74 Å². The van der Waals surface area contributed by atoms with Gasteiger partial charge in [0.2, 0.25) is 0 Å². The normalized spacial score (nSPS) is 10.3. The summed E-state index contributed by atoms with van der Waals surface area (Å²) in [5.74, 6) is 0.643. The van der Waals surface area contributed by atoms with Gasteiger partial charge in [-0.2, -0.15) is 0 Å². The van der Waals surface area contributed by atoms with E-state index in [-0.39, 0.29) is 17.9 Å². The smallest absolute Gasteiger partial charge is 0.412 e. The number of nitro benzene ring substituents is 1. The molecule has 8 heteroatoms. The Hall–Kier alpha value is -3.16. The number of nitrogens with zero attached hydrogens (tertiary/aromatic N) is 3. The lowest BCUT2D eigenvalue weighted by molar-refractivity contribution is -0.384. The second kappa shape index (κ2) is 6.95. The van der Waals surface area contributed by atoms with Gasteiger partial charge in [0.25, 0.3) is 5.69 Å². The van der Waals surface area contributed by atoms with Crippen LogP contribution in [0.25, 0.3) is 0 Å². The van der Waals surface area contributed by atoms with Crippen molar-refractivity contribution < 1.29 is 19.6 Å². The van der Waals surface area contributed by atoms with Crippen LogP contribution in [-0.4, -0.2) is 28.2 Å². The number of benzene rings is 1. The van der Waals surface area contributed by atoms with Crippen molar-refractivity contribution in [3.05, 3.63) is 57.4 Å². The molecule has 0 aliphatic rings. The summed E-state index contributed by atoms with van der Waals surface area (Å²) in [7, 11) is 1.54. The first-order chi connectivity index (χ1) is 11.3. The SMILES string of the molecule is COc1c(C)cnc(CN(C(=O)O)c2cccc([N+](=O)[O-])c2)c1C. The minimum Gasteiger partial charge on any atom is -0.496 e. The van der Waals surface area contributed by atoms with E-state index < -0.39 is 11.0 Å². The molecule has 0 bridgehead atoms. The van der Waals surface area contributed by atoms with Crippen LogP contribution in [0.3, 0.4) is 0 Å². The van der Waals surface area contributed by atoms with E-state index in [0.29, 0.717) is 11.4 Å². The fraction of sp³-hybridized carbons (Fsp3) is 0.250. The molecule has 0 fully saturated rings. The van der Waals surface area contributed by atoms with Crippen molar-refractivity contribution >= 4 is 17.5 Å². The molecule has 1 aromatic carbocycles. The Labute approximate surface area is 138 Å². The van der Waals surface area contributed by atoms with E-state index in [9.17, 15) is 20.0 Å². The fourth-order valence-corrected chi connectivity index (χ4v) is 2.42. The molecule has 24 heavy (non-hydrogen) atoms. The van der Waals surface area contributed by atoms with Crippen LogP contribution in [0.4, 0.5) is 16.2 Å². The quantitative estimate of drug-likeness (QED) is 0.665. The number of methoxy groups -OCH3 is 1. The highest BCUT2D eigenvalue weighted by atomic mass is 16.6.